The maximum absolute atomic E-state index is 10.3. The van der Waals surface area contributed by atoms with Gasteiger partial charge in [-0.05, 0) is 61.4 Å². The topological polar surface area (TPSA) is 47.3 Å². The zero-order chi connectivity index (χ0) is 22.0. The third-order valence-electron chi connectivity index (χ3n) is 5.64. The number of rotatable bonds is 6. The Hall–Kier alpha value is -2.63. The van der Waals surface area contributed by atoms with Crippen molar-refractivity contribution >= 4 is 23.2 Å². The molecule has 0 aliphatic heterocycles. The van der Waals surface area contributed by atoms with Gasteiger partial charge in [0.2, 0.25) is 0 Å². The summed E-state index contributed by atoms with van der Waals surface area (Å²) in [6, 6.07) is 24.5. The third-order valence-corrected chi connectivity index (χ3v) is 6.15. The third kappa shape index (κ3) is 4.12. The summed E-state index contributed by atoms with van der Waals surface area (Å²) in [5, 5.41) is 16.3. The number of hydrogen-bond donors (Lipinski definition) is 1. The van der Waals surface area contributed by atoms with E-state index in [0.717, 1.165) is 33.8 Å². The van der Waals surface area contributed by atoms with Crippen LogP contribution < -0.4 is 0 Å². The maximum Gasteiger partial charge on any atom is 0.157 e. The Balaban J connectivity index is 1.87. The van der Waals surface area contributed by atoms with Crippen LogP contribution in [0.2, 0.25) is 10.0 Å². The van der Waals surface area contributed by atoms with E-state index in [4.69, 9.17) is 33.2 Å². The molecule has 1 heterocycles. The number of benzene rings is 3. The van der Waals surface area contributed by atoms with Gasteiger partial charge in [0, 0.05) is 27.7 Å². The first-order valence-electron chi connectivity index (χ1n) is 9.90. The van der Waals surface area contributed by atoms with Crippen LogP contribution in [0.15, 0.2) is 78.9 Å². The highest BCUT2D eigenvalue weighted by molar-refractivity contribution is 6.30. The summed E-state index contributed by atoms with van der Waals surface area (Å²) in [7, 11) is 0. The van der Waals surface area contributed by atoms with Crippen molar-refractivity contribution in [3.8, 4) is 5.69 Å². The Morgan fingerprint density at radius 2 is 1.35 bits per heavy atom. The standard InChI is InChI=1S/C25H22Cl2N2O2/c1-17-24(18(2)29(28-17)23-6-4-3-5-7-23)16-25(31-30,19-8-12-21(26)13-9-19)20-10-14-22(27)15-11-20/h3-15,30H,16H2,1-2H3. The molecule has 4 rings (SSSR count). The highest BCUT2D eigenvalue weighted by Crippen LogP contribution is 2.39. The molecule has 4 aromatic rings. The first-order valence-corrected chi connectivity index (χ1v) is 10.7. The number of hydrogen-bond acceptors (Lipinski definition) is 3. The highest BCUT2D eigenvalue weighted by Gasteiger charge is 2.38. The van der Waals surface area contributed by atoms with Crippen molar-refractivity contribution in [1.82, 2.24) is 9.78 Å². The van der Waals surface area contributed by atoms with Crippen LogP contribution in [0, 0.1) is 13.8 Å². The maximum atomic E-state index is 10.3. The number of halogens is 2. The van der Waals surface area contributed by atoms with Crippen LogP contribution in [-0.2, 0) is 16.9 Å². The van der Waals surface area contributed by atoms with Gasteiger partial charge in [-0.1, -0.05) is 65.7 Å². The van der Waals surface area contributed by atoms with Crippen molar-refractivity contribution in [3.05, 3.63) is 117 Å². The normalized spacial score (nSPS) is 11.6. The van der Waals surface area contributed by atoms with E-state index in [-0.39, 0.29) is 0 Å². The Kier molecular flexibility index (Phi) is 6.17. The lowest BCUT2D eigenvalue weighted by molar-refractivity contribution is -0.315. The van der Waals surface area contributed by atoms with Gasteiger partial charge in [0.15, 0.2) is 5.60 Å². The van der Waals surface area contributed by atoms with Gasteiger partial charge < -0.3 is 0 Å². The fourth-order valence-corrected chi connectivity index (χ4v) is 4.20. The Labute approximate surface area is 191 Å². The van der Waals surface area contributed by atoms with Crippen LogP contribution in [0.25, 0.3) is 5.69 Å². The van der Waals surface area contributed by atoms with Crippen LogP contribution in [0.4, 0.5) is 0 Å². The summed E-state index contributed by atoms with van der Waals surface area (Å²) < 4.78 is 1.91. The molecule has 1 aromatic heterocycles. The van der Waals surface area contributed by atoms with Crippen molar-refractivity contribution in [2.45, 2.75) is 25.9 Å². The second-order valence-corrected chi connectivity index (χ2v) is 8.38. The molecule has 0 amide bonds. The molecule has 0 fully saturated rings. The zero-order valence-corrected chi connectivity index (χ0v) is 18.7. The molecule has 6 heteroatoms. The van der Waals surface area contributed by atoms with Crippen molar-refractivity contribution in [2.24, 2.45) is 0 Å². The summed E-state index contributed by atoms with van der Waals surface area (Å²) in [6.45, 7) is 3.99. The molecule has 0 saturated carbocycles. The van der Waals surface area contributed by atoms with Crippen LogP contribution in [0.3, 0.4) is 0 Å². The van der Waals surface area contributed by atoms with Crippen molar-refractivity contribution in [2.75, 3.05) is 0 Å². The molecule has 3 aromatic carbocycles. The molecule has 1 N–H and O–H groups in total. The van der Waals surface area contributed by atoms with E-state index >= 15 is 0 Å². The highest BCUT2D eigenvalue weighted by atomic mass is 35.5. The monoisotopic (exact) mass is 452 g/mol. The van der Waals surface area contributed by atoms with E-state index in [0.29, 0.717) is 16.5 Å². The number of aromatic nitrogens is 2. The summed E-state index contributed by atoms with van der Waals surface area (Å²) in [5.41, 5.74) is 4.19. The van der Waals surface area contributed by atoms with Gasteiger partial charge >= 0.3 is 0 Å². The van der Waals surface area contributed by atoms with Gasteiger partial charge in [-0.3, -0.25) is 5.26 Å². The minimum absolute atomic E-state index is 0.372. The van der Waals surface area contributed by atoms with Crippen molar-refractivity contribution in [3.63, 3.8) is 0 Å². The predicted octanol–water partition coefficient (Wildman–Crippen LogP) is 6.77. The summed E-state index contributed by atoms with van der Waals surface area (Å²) >= 11 is 12.2. The number of aryl methyl sites for hydroxylation is 1. The first kappa shape index (κ1) is 21.6. The molecule has 0 atom stereocenters. The largest absolute Gasteiger partial charge is 0.251 e. The van der Waals surface area contributed by atoms with Crippen LogP contribution in [0.1, 0.15) is 28.1 Å². The van der Waals surface area contributed by atoms with Crippen LogP contribution in [0.5, 0.6) is 0 Å². The fourth-order valence-electron chi connectivity index (χ4n) is 3.95. The van der Waals surface area contributed by atoms with Gasteiger partial charge in [-0.2, -0.15) is 5.10 Å². The van der Waals surface area contributed by atoms with Gasteiger partial charge in [-0.25, -0.2) is 9.57 Å². The van der Waals surface area contributed by atoms with Gasteiger partial charge in [0.1, 0.15) is 0 Å². The molecular weight excluding hydrogens is 431 g/mol. The average Bonchev–Trinajstić information content (AvgIpc) is 3.07. The average molecular weight is 453 g/mol. The van der Waals surface area contributed by atoms with Crippen LogP contribution in [-0.4, -0.2) is 15.0 Å². The zero-order valence-electron chi connectivity index (χ0n) is 17.2. The minimum Gasteiger partial charge on any atom is -0.251 e. The molecule has 0 aliphatic rings. The van der Waals surface area contributed by atoms with E-state index in [2.05, 4.69) is 0 Å². The fraction of sp³-hybridized carbons (Fsp3) is 0.160. The second kappa shape index (κ2) is 8.85. The quantitative estimate of drug-likeness (QED) is 0.259. The molecule has 0 aliphatic carbocycles. The predicted molar refractivity (Wildman–Crippen MR) is 124 cm³/mol. The lowest BCUT2D eigenvalue weighted by Crippen LogP contribution is -2.33. The lowest BCUT2D eigenvalue weighted by atomic mass is 9.80. The van der Waals surface area contributed by atoms with E-state index in [9.17, 15) is 5.26 Å². The molecule has 4 nitrogen and oxygen atoms in total. The molecule has 0 radical (unpaired) electrons. The molecule has 0 bridgehead atoms. The van der Waals surface area contributed by atoms with Crippen molar-refractivity contribution in [1.29, 1.82) is 0 Å². The lowest BCUT2D eigenvalue weighted by Gasteiger charge is -2.32. The van der Waals surface area contributed by atoms with E-state index < -0.39 is 5.60 Å². The molecule has 0 spiro atoms. The smallest absolute Gasteiger partial charge is 0.157 e. The Morgan fingerprint density at radius 3 is 1.84 bits per heavy atom. The van der Waals surface area contributed by atoms with E-state index in [1.165, 1.54) is 0 Å². The number of nitrogens with zero attached hydrogens (tertiary/aromatic N) is 2. The molecule has 158 valence electrons. The number of para-hydroxylation sites is 1. The molecule has 31 heavy (non-hydrogen) atoms. The summed E-state index contributed by atoms with van der Waals surface area (Å²) in [6.07, 6.45) is 0.372. The first-order chi connectivity index (χ1) is 14.9. The van der Waals surface area contributed by atoms with Crippen LogP contribution >= 0.6 is 23.2 Å². The Morgan fingerprint density at radius 1 is 0.839 bits per heavy atom. The van der Waals surface area contributed by atoms with E-state index in [1.807, 2.05) is 73.1 Å². The Bertz CT molecular complexity index is 1130. The van der Waals surface area contributed by atoms with Gasteiger partial charge in [-0.15, -0.1) is 0 Å². The molecular formula is C25H22Cl2N2O2. The van der Waals surface area contributed by atoms with Gasteiger partial charge in [0.05, 0.1) is 11.4 Å². The molecule has 0 saturated heterocycles. The second-order valence-electron chi connectivity index (χ2n) is 7.51. The molecule has 0 unspecified atom stereocenters. The summed E-state index contributed by atoms with van der Waals surface area (Å²) in [4.78, 5) is 5.30. The summed E-state index contributed by atoms with van der Waals surface area (Å²) in [5.74, 6) is 0. The van der Waals surface area contributed by atoms with Gasteiger partial charge in [0.25, 0.3) is 0 Å². The van der Waals surface area contributed by atoms with E-state index in [1.54, 1.807) is 24.3 Å². The minimum atomic E-state index is -1.16. The SMILES string of the molecule is Cc1nn(-c2ccccc2)c(C)c1CC(OO)(c1ccc(Cl)cc1)c1ccc(Cl)cc1. The van der Waals surface area contributed by atoms with Crippen molar-refractivity contribution < 1.29 is 10.1 Å².